The van der Waals surface area contributed by atoms with Gasteiger partial charge in [-0.1, -0.05) is 42.0 Å². The number of aryl methyl sites for hydroxylation is 2. The molecular weight excluding hydrogens is 366 g/mol. The van der Waals surface area contributed by atoms with Crippen LogP contribution in [0.3, 0.4) is 0 Å². The molecule has 6 nitrogen and oxygen atoms in total. The summed E-state index contributed by atoms with van der Waals surface area (Å²) in [6.45, 7) is 6.65. The standard InChI is InChI=1S/C23H25N3O3/c1-16-7-9-19(10-8-16)20-11-12-23(26-25-20)28-14-13-24-22(27)15-29-21-6-4-5-17(2)18(21)3/h4-12H,13-15H2,1-3H3,(H,24,27). The maximum Gasteiger partial charge on any atom is 0.258 e. The monoisotopic (exact) mass is 391 g/mol. The number of carbonyl (C=O) groups excluding carboxylic acids is 1. The number of nitrogens with one attached hydrogen (secondary N) is 1. The highest BCUT2D eigenvalue weighted by Crippen LogP contribution is 2.20. The fourth-order valence-electron chi connectivity index (χ4n) is 2.70. The van der Waals surface area contributed by atoms with Crippen molar-refractivity contribution >= 4 is 5.91 Å². The van der Waals surface area contributed by atoms with Gasteiger partial charge in [-0.05, 0) is 44.0 Å². The molecule has 0 aliphatic carbocycles. The zero-order valence-electron chi connectivity index (χ0n) is 16.9. The van der Waals surface area contributed by atoms with Crippen molar-refractivity contribution in [2.45, 2.75) is 20.8 Å². The fraction of sp³-hybridized carbons (Fsp3) is 0.261. The lowest BCUT2D eigenvalue weighted by Gasteiger charge is -2.11. The van der Waals surface area contributed by atoms with E-state index < -0.39 is 0 Å². The van der Waals surface area contributed by atoms with Gasteiger partial charge in [0, 0.05) is 11.6 Å². The number of nitrogens with zero attached hydrogens (tertiary/aromatic N) is 2. The number of ether oxygens (including phenoxy) is 2. The van der Waals surface area contributed by atoms with Crippen molar-refractivity contribution in [3.63, 3.8) is 0 Å². The third-order valence-corrected chi connectivity index (χ3v) is 4.58. The van der Waals surface area contributed by atoms with Crippen molar-refractivity contribution in [1.82, 2.24) is 15.5 Å². The Morgan fingerprint density at radius 2 is 1.72 bits per heavy atom. The minimum absolute atomic E-state index is 0.0324. The van der Waals surface area contributed by atoms with Crippen LogP contribution in [0.2, 0.25) is 0 Å². The second-order valence-electron chi connectivity index (χ2n) is 6.81. The Morgan fingerprint density at radius 3 is 2.45 bits per heavy atom. The van der Waals surface area contributed by atoms with Crippen molar-refractivity contribution in [3.8, 4) is 22.9 Å². The molecule has 29 heavy (non-hydrogen) atoms. The minimum atomic E-state index is -0.199. The Labute approximate surface area is 170 Å². The molecule has 0 aliphatic heterocycles. The van der Waals surface area contributed by atoms with Gasteiger partial charge in [0.25, 0.3) is 5.91 Å². The summed E-state index contributed by atoms with van der Waals surface area (Å²) in [4.78, 5) is 11.9. The Balaban J connectivity index is 1.39. The number of carbonyl (C=O) groups is 1. The van der Waals surface area contributed by atoms with E-state index in [1.54, 1.807) is 6.07 Å². The van der Waals surface area contributed by atoms with Crippen molar-refractivity contribution in [1.29, 1.82) is 0 Å². The molecule has 0 unspecified atom stereocenters. The smallest absolute Gasteiger partial charge is 0.258 e. The molecule has 1 N–H and O–H groups in total. The predicted molar refractivity (Wildman–Crippen MR) is 112 cm³/mol. The quantitative estimate of drug-likeness (QED) is 0.594. The van der Waals surface area contributed by atoms with Gasteiger partial charge >= 0.3 is 0 Å². The number of rotatable bonds is 8. The van der Waals surface area contributed by atoms with Crippen molar-refractivity contribution in [2.24, 2.45) is 0 Å². The van der Waals surface area contributed by atoms with E-state index >= 15 is 0 Å². The number of hydrogen-bond donors (Lipinski definition) is 1. The topological polar surface area (TPSA) is 73.3 Å². The molecule has 1 aromatic heterocycles. The van der Waals surface area contributed by atoms with E-state index in [9.17, 15) is 4.79 Å². The molecule has 0 saturated heterocycles. The summed E-state index contributed by atoms with van der Waals surface area (Å²) < 4.78 is 11.1. The van der Waals surface area contributed by atoms with Gasteiger partial charge in [0.05, 0.1) is 12.2 Å². The first kappa shape index (κ1) is 20.3. The van der Waals surface area contributed by atoms with Crippen LogP contribution >= 0.6 is 0 Å². The van der Waals surface area contributed by atoms with Gasteiger partial charge in [-0.25, -0.2) is 0 Å². The van der Waals surface area contributed by atoms with Gasteiger partial charge in [0.2, 0.25) is 5.88 Å². The Bertz CT molecular complexity index is 954. The van der Waals surface area contributed by atoms with E-state index in [1.165, 1.54) is 5.56 Å². The van der Waals surface area contributed by atoms with Gasteiger partial charge in [-0.3, -0.25) is 4.79 Å². The summed E-state index contributed by atoms with van der Waals surface area (Å²) in [6.07, 6.45) is 0. The minimum Gasteiger partial charge on any atom is -0.483 e. The Morgan fingerprint density at radius 1 is 0.931 bits per heavy atom. The summed E-state index contributed by atoms with van der Waals surface area (Å²) >= 11 is 0. The highest BCUT2D eigenvalue weighted by atomic mass is 16.5. The maximum atomic E-state index is 11.9. The van der Waals surface area contributed by atoms with Gasteiger partial charge in [-0.15, -0.1) is 10.2 Å². The van der Waals surface area contributed by atoms with Crippen LogP contribution < -0.4 is 14.8 Å². The zero-order valence-corrected chi connectivity index (χ0v) is 16.9. The van der Waals surface area contributed by atoms with Crippen LogP contribution in [0, 0.1) is 20.8 Å². The van der Waals surface area contributed by atoms with Gasteiger partial charge in [0.1, 0.15) is 12.4 Å². The van der Waals surface area contributed by atoms with Gasteiger partial charge < -0.3 is 14.8 Å². The predicted octanol–water partition coefficient (Wildman–Crippen LogP) is 3.64. The molecule has 3 rings (SSSR count). The molecule has 0 radical (unpaired) electrons. The highest BCUT2D eigenvalue weighted by molar-refractivity contribution is 5.77. The van der Waals surface area contributed by atoms with Crippen LogP contribution in [0.15, 0.2) is 54.6 Å². The molecule has 1 amide bonds. The molecule has 0 atom stereocenters. The van der Waals surface area contributed by atoms with Gasteiger partial charge in [-0.2, -0.15) is 0 Å². The third-order valence-electron chi connectivity index (χ3n) is 4.58. The largest absolute Gasteiger partial charge is 0.483 e. The Kier molecular flexibility index (Phi) is 6.79. The Hall–Kier alpha value is -3.41. The lowest BCUT2D eigenvalue weighted by Crippen LogP contribution is -2.32. The van der Waals surface area contributed by atoms with Crippen LogP contribution in [0.25, 0.3) is 11.3 Å². The number of hydrogen-bond acceptors (Lipinski definition) is 5. The molecule has 0 bridgehead atoms. The van der Waals surface area contributed by atoms with E-state index in [4.69, 9.17) is 9.47 Å². The van der Waals surface area contributed by atoms with Crippen LogP contribution in [0.5, 0.6) is 11.6 Å². The second-order valence-corrected chi connectivity index (χ2v) is 6.81. The SMILES string of the molecule is Cc1ccc(-c2ccc(OCCNC(=O)COc3cccc(C)c3C)nn2)cc1. The van der Waals surface area contributed by atoms with Crippen LogP contribution in [-0.4, -0.2) is 35.9 Å². The summed E-state index contributed by atoms with van der Waals surface area (Å²) in [5.74, 6) is 0.942. The number of benzene rings is 2. The zero-order chi connectivity index (χ0) is 20.6. The highest BCUT2D eigenvalue weighted by Gasteiger charge is 2.06. The first-order valence-corrected chi connectivity index (χ1v) is 9.52. The number of amides is 1. The van der Waals surface area contributed by atoms with Crippen LogP contribution in [-0.2, 0) is 4.79 Å². The lowest BCUT2D eigenvalue weighted by molar-refractivity contribution is -0.123. The van der Waals surface area contributed by atoms with Crippen molar-refractivity contribution in [2.75, 3.05) is 19.8 Å². The normalized spacial score (nSPS) is 10.4. The molecule has 2 aromatic carbocycles. The van der Waals surface area contributed by atoms with E-state index in [-0.39, 0.29) is 12.5 Å². The molecule has 6 heteroatoms. The van der Waals surface area contributed by atoms with E-state index in [0.29, 0.717) is 19.0 Å². The molecule has 0 fully saturated rings. The second kappa shape index (κ2) is 9.68. The molecule has 150 valence electrons. The average Bonchev–Trinajstić information content (AvgIpc) is 2.73. The summed E-state index contributed by atoms with van der Waals surface area (Å²) in [5, 5.41) is 11.0. The summed E-state index contributed by atoms with van der Waals surface area (Å²) in [6, 6.07) is 17.5. The average molecular weight is 391 g/mol. The fourth-order valence-corrected chi connectivity index (χ4v) is 2.70. The third kappa shape index (κ3) is 5.78. The molecule has 0 saturated carbocycles. The summed E-state index contributed by atoms with van der Waals surface area (Å²) in [7, 11) is 0. The van der Waals surface area contributed by atoms with Crippen molar-refractivity contribution < 1.29 is 14.3 Å². The molecular formula is C23H25N3O3. The first-order chi connectivity index (χ1) is 14.0. The molecule has 0 spiro atoms. The van der Waals surface area contributed by atoms with Crippen molar-refractivity contribution in [3.05, 3.63) is 71.3 Å². The van der Waals surface area contributed by atoms with Gasteiger partial charge in [0.15, 0.2) is 6.61 Å². The molecule has 0 aliphatic rings. The maximum absolute atomic E-state index is 11.9. The molecule has 1 heterocycles. The van der Waals surface area contributed by atoms with E-state index in [0.717, 1.165) is 28.1 Å². The number of aromatic nitrogens is 2. The van der Waals surface area contributed by atoms with Crippen LogP contribution in [0.4, 0.5) is 0 Å². The van der Waals surface area contributed by atoms with E-state index in [2.05, 4.69) is 15.5 Å². The van der Waals surface area contributed by atoms with Crippen LogP contribution in [0.1, 0.15) is 16.7 Å². The molecule has 3 aromatic rings. The van der Waals surface area contributed by atoms with E-state index in [1.807, 2.05) is 69.3 Å². The lowest BCUT2D eigenvalue weighted by atomic mass is 10.1. The summed E-state index contributed by atoms with van der Waals surface area (Å²) in [5.41, 5.74) is 5.16. The first-order valence-electron chi connectivity index (χ1n) is 9.52.